The largest absolute Gasteiger partial charge is 0.332 e. The van der Waals surface area contributed by atoms with Crippen LogP contribution in [0, 0.1) is 17.8 Å². The van der Waals surface area contributed by atoms with E-state index in [1.165, 1.54) is 24.8 Å². The fraction of sp³-hybridized carbons (Fsp3) is 0.667. The van der Waals surface area contributed by atoms with E-state index in [-0.39, 0.29) is 11.4 Å². The summed E-state index contributed by atoms with van der Waals surface area (Å²) in [6.45, 7) is 8.13. The minimum Gasteiger partial charge on any atom is -0.332 e. The second kappa shape index (κ2) is 13.8. The van der Waals surface area contributed by atoms with Gasteiger partial charge in [0.05, 0.1) is 12.2 Å². The Hall–Kier alpha value is -2.13. The first-order valence-corrected chi connectivity index (χ1v) is 15.2. The number of amides is 1. The molecule has 1 amide bonds. The van der Waals surface area contributed by atoms with Crippen molar-refractivity contribution in [2.45, 2.75) is 95.8 Å². The van der Waals surface area contributed by atoms with Crippen molar-refractivity contribution in [1.82, 2.24) is 20.0 Å². The molecule has 0 radical (unpaired) electrons. The Kier molecular flexibility index (Phi) is 10.5. The van der Waals surface area contributed by atoms with Crippen LogP contribution in [0.4, 0.5) is 0 Å². The van der Waals surface area contributed by atoms with E-state index in [0.717, 1.165) is 71.1 Å². The zero-order valence-electron chi connectivity index (χ0n) is 24.3. The van der Waals surface area contributed by atoms with Crippen LogP contribution >= 0.6 is 0 Å². The molecule has 2 aliphatic heterocycles. The van der Waals surface area contributed by atoms with Gasteiger partial charge in [-0.15, -0.1) is 0 Å². The molecule has 1 aromatic carbocycles. The number of hydrogen-bond acceptors (Lipinski definition) is 4. The summed E-state index contributed by atoms with van der Waals surface area (Å²) >= 11 is 0. The van der Waals surface area contributed by atoms with Gasteiger partial charge in [0, 0.05) is 31.1 Å². The van der Waals surface area contributed by atoms with Crippen molar-refractivity contribution in [3.8, 4) is 11.8 Å². The van der Waals surface area contributed by atoms with E-state index in [9.17, 15) is 4.79 Å². The summed E-state index contributed by atoms with van der Waals surface area (Å²) in [5, 5.41) is 3.72. The maximum atomic E-state index is 13.2. The highest BCUT2D eigenvalue weighted by atomic mass is 16.2. The van der Waals surface area contributed by atoms with Crippen molar-refractivity contribution in [2.75, 3.05) is 40.3 Å². The molecule has 5 nitrogen and oxygen atoms in total. The number of rotatable bonds is 15. The van der Waals surface area contributed by atoms with Gasteiger partial charge >= 0.3 is 0 Å². The third kappa shape index (κ3) is 7.08. The molecule has 3 aliphatic rings. The number of carbonyl (C=O) groups is 1. The van der Waals surface area contributed by atoms with E-state index in [2.05, 4.69) is 91.3 Å². The lowest BCUT2D eigenvalue weighted by Crippen LogP contribution is -2.42. The van der Waals surface area contributed by atoms with E-state index < -0.39 is 0 Å². The van der Waals surface area contributed by atoms with Crippen LogP contribution in [0.2, 0.25) is 0 Å². The average molecular weight is 519 g/mol. The quantitative estimate of drug-likeness (QED) is 0.146. The van der Waals surface area contributed by atoms with Crippen LogP contribution in [0.15, 0.2) is 42.0 Å². The maximum absolute atomic E-state index is 13.2. The Balaban J connectivity index is 1.32. The van der Waals surface area contributed by atoms with Gasteiger partial charge < -0.3 is 10.2 Å². The van der Waals surface area contributed by atoms with Gasteiger partial charge in [-0.1, -0.05) is 81.0 Å². The number of nitrogens with one attached hydrogen (secondary N) is 1. The molecule has 38 heavy (non-hydrogen) atoms. The second-order valence-corrected chi connectivity index (χ2v) is 11.8. The zero-order valence-corrected chi connectivity index (χ0v) is 24.3. The first-order valence-electron chi connectivity index (χ1n) is 15.2. The fourth-order valence-electron chi connectivity index (χ4n) is 6.41. The molecular weight excluding hydrogens is 468 g/mol. The summed E-state index contributed by atoms with van der Waals surface area (Å²) in [5.41, 5.74) is 2.97. The SMILES string of the molecule is CCCC1=CC2C(NCCCN(CCC[C@](CCC)(c3ccccc3)N(C)C)C(=O)C#CC3CCC3)N2C1. The van der Waals surface area contributed by atoms with Gasteiger partial charge in [-0.25, -0.2) is 0 Å². The monoisotopic (exact) mass is 518 g/mol. The van der Waals surface area contributed by atoms with Crippen molar-refractivity contribution in [2.24, 2.45) is 5.92 Å². The van der Waals surface area contributed by atoms with Gasteiger partial charge in [-0.3, -0.25) is 14.6 Å². The Bertz CT molecular complexity index is 989. The van der Waals surface area contributed by atoms with Gasteiger partial charge in [0.1, 0.15) is 0 Å². The topological polar surface area (TPSA) is 38.6 Å². The van der Waals surface area contributed by atoms with Gasteiger partial charge in [-0.2, -0.15) is 0 Å². The first kappa shape index (κ1) is 28.9. The molecule has 0 aromatic heterocycles. The average Bonchev–Trinajstić information content (AvgIpc) is 3.33. The molecule has 1 aromatic rings. The predicted molar refractivity (Wildman–Crippen MR) is 158 cm³/mol. The lowest BCUT2D eigenvalue weighted by Gasteiger charge is -2.41. The highest BCUT2D eigenvalue weighted by Gasteiger charge is 2.49. The van der Waals surface area contributed by atoms with Gasteiger partial charge in [0.2, 0.25) is 0 Å². The Morgan fingerprint density at radius 3 is 2.45 bits per heavy atom. The molecular formula is C33H50N4O. The van der Waals surface area contributed by atoms with Crippen LogP contribution in [-0.2, 0) is 10.3 Å². The van der Waals surface area contributed by atoms with Crippen LogP contribution in [0.3, 0.4) is 0 Å². The fourth-order valence-corrected chi connectivity index (χ4v) is 6.41. The van der Waals surface area contributed by atoms with Gasteiger partial charge in [-0.05, 0) is 77.1 Å². The van der Waals surface area contributed by atoms with E-state index >= 15 is 0 Å². The molecule has 4 rings (SSSR count). The minimum absolute atomic E-state index is 0.00769. The van der Waals surface area contributed by atoms with Gasteiger partial charge in [0.15, 0.2) is 0 Å². The van der Waals surface area contributed by atoms with Crippen LogP contribution in [0.25, 0.3) is 0 Å². The van der Waals surface area contributed by atoms with Crippen LogP contribution in [-0.4, -0.2) is 73.1 Å². The van der Waals surface area contributed by atoms with Crippen molar-refractivity contribution in [3.63, 3.8) is 0 Å². The molecule has 0 spiro atoms. The summed E-state index contributed by atoms with van der Waals surface area (Å²) in [6.07, 6.45) is 14.2. The first-order chi connectivity index (χ1) is 18.5. The summed E-state index contributed by atoms with van der Waals surface area (Å²) < 4.78 is 0. The maximum Gasteiger partial charge on any atom is 0.298 e. The zero-order chi connectivity index (χ0) is 27.0. The molecule has 0 bridgehead atoms. The normalized spacial score (nSPS) is 23.6. The van der Waals surface area contributed by atoms with Crippen LogP contribution in [0.5, 0.6) is 0 Å². The molecule has 1 aliphatic carbocycles. The molecule has 5 heteroatoms. The summed E-state index contributed by atoms with van der Waals surface area (Å²) in [4.78, 5) is 20.1. The Labute approximate surface area is 232 Å². The number of benzene rings is 1. The van der Waals surface area contributed by atoms with Crippen LogP contribution < -0.4 is 5.32 Å². The van der Waals surface area contributed by atoms with Crippen LogP contribution in [0.1, 0.15) is 83.6 Å². The molecule has 1 saturated heterocycles. The summed E-state index contributed by atoms with van der Waals surface area (Å²) in [7, 11) is 4.40. The molecule has 1 N–H and O–H groups in total. The lowest BCUT2D eigenvalue weighted by molar-refractivity contribution is -0.125. The van der Waals surface area contributed by atoms with E-state index in [0.29, 0.717) is 18.1 Å². The molecule has 1 saturated carbocycles. The third-order valence-corrected chi connectivity index (χ3v) is 8.92. The number of hydrogen-bond donors (Lipinski definition) is 1. The van der Waals surface area contributed by atoms with Crippen molar-refractivity contribution in [1.29, 1.82) is 0 Å². The summed E-state index contributed by atoms with van der Waals surface area (Å²) in [5.74, 6) is 6.71. The van der Waals surface area contributed by atoms with E-state index in [1.807, 2.05) is 4.90 Å². The molecule has 3 unspecified atom stereocenters. The Morgan fingerprint density at radius 2 is 1.84 bits per heavy atom. The third-order valence-electron chi connectivity index (χ3n) is 8.92. The number of carbonyl (C=O) groups excluding carboxylic acids is 1. The molecule has 2 heterocycles. The second-order valence-electron chi connectivity index (χ2n) is 11.8. The van der Waals surface area contributed by atoms with E-state index in [1.54, 1.807) is 5.57 Å². The van der Waals surface area contributed by atoms with Crippen molar-refractivity contribution >= 4 is 5.91 Å². The van der Waals surface area contributed by atoms with Crippen molar-refractivity contribution < 1.29 is 4.79 Å². The Morgan fingerprint density at radius 1 is 1.08 bits per heavy atom. The number of fused-ring (bicyclic) bond motifs is 1. The highest BCUT2D eigenvalue weighted by Crippen LogP contribution is 2.37. The molecule has 4 atom stereocenters. The standard InChI is InChI=1S/C33H50N4O/c1-5-13-28-25-30-32(37(30)26-28)34-22-12-24-36(31(38)19-18-27-14-10-15-27)23-11-21-33(20-6-2,35(3)4)29-16-8-7-9-17-29/h7-9,16-17,25,27,30,32,34H,5-6,10-15,20-24,26H2,1-4H3/t30?,32?,33-,37?/m1/s1. The van der Waals surface area contributed by atoms with Crippen molar-refractivity contribution in [3.05, 3.63) is 47.5 Å². The molecule has 2 fully saturated rings. The molecule has 208 valence electrons. The predicted octanol–water partition coefficient (Wildman–Crippen LogP) is 5.39. The summed E-state index contributed by atoms with van der Waals surface area (Å²) in [6, 6.07) is 11.5. The minimum atomic E-state index is -0.00769. The lowest BCUT2D eigenvalue weighted by atomic mass is 9.80. The number of nitrogens with zero attached hydrogens (tertiary/aromatic N) is 3. The van der Waals surface area contributed by atoms with Gasteiger partial charge in [0.25, 0.3) is 5.91 Å². The van der Waals surface area contributed by atoms with E-state index in [4.69, 9.17) is 0 Å². The highest BCUT2D eigenvalue weighted by molar-refractivity contribution is 5.93. The smallest absolute Gasteiger partial charge is 0.298 e.